The van der Waals surface area contributed by atoms with Crippen LogP contribution < -0.4 is 16.0 Å². The number of amides is 1. The first-order valence-electron chi connectivity index (χ1n) is 5.45. The number of anilines is 2. The van der Waals surface area contributed by atoms with Crippen LogP contribution >= 0.6 is 15.9 Å². The Morgan fingerprint density at radius 3 is 2.88 bits per heavy atom. The fraction of sp³-hybridized carbons (Fsp3) is 0.455. The van der Waals surface area contributed by atoms with Crippen LogP contribution in [0.4, 0.5) is 11.5 Å². The van der Waals surface area contributed by atoms with Crippen molar-refractivity contribution in [3.8, 4) is 0 Å². The van der Waals surface area contributed by atoms with E-state index in [0.29, 0.717) is 11.5 Å². The number of hydrogen-bond donors (Lipinski definition) is 2. The molecule has 1 rings (SSSR count). The average molecular weight is 301 g/mol. The molecular formula is C11H17BrN4O. The van der Waals surface area contributed by atoms with Gasteiger partial charge < -0.3 is 16.0 Å². The highest BCUT2D eigenvalue weighted by Gasteiger charge is 2.14. The van der Waals surface area contributed by atoms with E-state index in [-0.39, 0.29) is 12.5 Å². The van der Waals surface area contributed by atoms with Crippen molar-refractivity contribution in [1.29, 1.82) is 0 Å². The van der Waals surface area contributed by atoms with E-state index in [9.17, 15) is 4.79 Å². The summed E-state index contributed by atoms with van der Waals surface area (Å²) in [5, 5.41) is 2.60. The minimum absolute atomic E-state index is 0.0532. The Morgan fingerprint density at radius 2 is 2.35 bits per heavy atom. The molecule has 0 aliphatic rings. The molecular weight excluding hydrogens is 284 g/mol. The fourth-order valence-electron chi connectivity index (χ4n) is 1.49. The van der Waals surface area contributed by atoms with Gasteiger partial charge in [-0.15, -0.1) is 0 Å². The van der Waals surface area contributed by atoms with Gasteiger partial charge in [-0.1, -0.05) is 6.92 Å². The van der Waals surface area contributed by atoms with Gasteiger partial charge in [0.05, 0.1) is 12.2 Å². The Labute approximate surface area is 110 Å². The number of nitrogens with one attached hydrogen (secondary N) is 1. The molecule has 0 saturated carbocycles. The highest BCUT2D eigenvalue weighted by molar-refractivity contribution is 9.10. The third-order valence-corrected chi connectivity index (χ3v) is 2.70. The second-order valence-electron chi connectivity index (χ2n) is 3.66. The zero-order valence-electron chi connectivity index (χ0n) is 10.0. The van der Waals surface area contributed by atoms with E-state index >= 15 is 0 Å². The van der Waals surface area contributed by atoms with Crippen molar-refractivity contribution in [2.45, 2.75) is 13.3 Å². The largest absolute Gasteiger partial charge is 0.396 e. The van der Waals surface area contributed by atoms with Crippen LogP contribution in [0.5, 0.6) is 0 Å². The number of likely N-dealkylation sites (N-methyl/N-ethyl adjacent to an activating group) is 1. The van der Waals surface area contributed by atoms with Crippen LogP contribution in [0.1, 0.15) is 13.3 Å². The van der Waals surface area contributed by atoms with E-state index in [1.54, 1.807) is 19.3 Å². The van der Waals surface area contributed by atoms with Gasteiger partial charge in [0.15, 0.2) is 5.82 Å². The molecule has 17 heavy (non-hydrogen) atoms. The van der Waals surface area contributed by atoms with Crippen LogP contribution in [0.3, 0.4) is 0 Å². The predicted octanol–water partition coefficient (Wildman–Crippen LogP) is 1.39. The number of nitrogen functional groups attached to an aromatic ring is 1. The summed E-state index contributed by atoms with van der Waals surface area (Å²) in [6, 6.07) is 1.79. The lowest BCUT2D eigenvalue weighted by Crippen LogP contribution is -2.37. The van der Waals surface area contributed by atoms with Crippen LogP contribution in [0.2, 0.25) is 0 Å². The van der Waals surface area contributed by atoms with Gasteiger partial charge in [0.2, 0.25) is 5.91 Å². The van der Waals surface area contributed by atoms with Gasteiger partial charge in [-0.05, 0) is 28.4 Å². The van der Waals surface area contributed by atoms with Crippen molar-refractivity contribution >= 4 is 33.3 Å². The molecule has 1 amide bonds. The number of hydrogen-bond acceptors (Lipinski definition) is 4. The summed E-state index contributed by atoms with van der Waals surface area (Å²) < 4.78 is 0.829. The maximum Gasteiger partial charge on any atom is 0.239 e. The quantitative estimate of drug-likeness (QED) is 0.862. The second-order valence-corrected chi connectivity index (χ2v) is 4.58. The summed E-state index contributed by atoms with van der Waals surface area (Å²) in [6.07, 6.45) is 2.60. The molecule has 0 bridgehead atoms. The molecule has 0 unspecified atom stereocenters. The second kappa shape index (κ2) is 6.44. The van der Waals surface area contributed by atoms with E-state index in [0.717, 1.165) is 17.4 Å². The van der Waals surface area contributed by atoms with Gasteiger partial charge in [-0.2, -0.15) is 0 Å². The minimum atomic E-state index is -0.0532. The van der Waals surface area contributed by atoms with Gasteiger partial charge in [0, 0.05) is 24.3 Å². The molecule has 0 saturated heterocycles. The van der Waals surface area contributed by atoms with E-state index < -0.39 is 0 Å². The van der Waals surface area contributed by atoms with Gasteiger partial charge in [0.1, 0.15) is 0 Å². The Bertz CT molecular complexity index is 397. The Kier molecular flexibility index (Phi) is 5.21. The molecule has 6 heteroatoms. The summed E-state index contributed by atoms with van der Waals surface area (Å²) in [5.74, 6) is 0.598. The van der Waals surface area contributed by atoms with Crippen molar-refractivity contribution in [2.75, 3.05) is 30.8 Å². The number of rotatable bonds is 5. The standard InChI is InChI=1S/C11H17BrN4O/c1-3-4-16(7-10(17)14-2)11-9(13)5-8(12)6-15-11/h5-6H,3-4,7,13H2,1-2H3,(H,14,17). The van der Waals surface area contributed by atoms with E-state index in [1.165, 1.54) is 0 Å². The summed E-state index contributed by atoms with van der Waals surface area (Å²) in [6.45, 7) is 3.06. The summed E-state index contributed by atoms with van der Waals surface area (Å²) in [4.78, 5) is 17.6. The first-order valence-corrected chi connectivity index (χ1v) is 6.24. The molecule has 1 heterocycles. The molecule has 0 atom stereocenters. The Morgan fingerprint density at radius 1 is 1.65 bits per heavy atom. The summed E-state index contributed by atoms with van der Waals surface area (Å²) >= 11 is 3.31. The molecule has 3 N–H and O–H groups in total. The van der Waals surface area contributed by atoms with E-state index in [1.807, 2.05) is 11.8 Å². The van der Waals surface area contributed by atoms with Gasteiger partial charge in [0.25, 0.3) is 0 Å². The van der Waals surface area contributed by atoms with Crippen molar-refractivity contribution in [3.05, 3.63) is 16.7 Å². The summed E-state index contributed by atoms with van der Waals surface area (Å²) in [7, 11) is 1.62. The monoisotopic (exact) mass is 300 g/mol. The van der Waals surface area contributed by atoms with Gasteiger partial charge in [-0.25, -0.2) is 4.98 Å². The molecule has 0 aliphatic carbocycles. The zero-order chi connectivity index (χ0) is 12.8. The maximum absolute atomic E-state index is 11.4. The Balaban J connectivity index is 2.92. The molecule has 0 spiro atoms. The van der Waals surface area contributed by atoms with Crippen molar-refractivity contribution in [3.63, 3.8) is 0 Å². The van der Waals surface area contributed by atoms with Crippen LogP contribution in [0.25, 0.3) is 0 Å². The highest BCUT2D eigenvalue weighted by atomic mass is 79.9. The number of pyridine rings is 1. The molecule has 5 nitrogen and oxygen atoms in total. The summed E-state index contributed by atoms with van der Waals surface area (Å²) in [5.41, 5.74) is 6.47. The third-order valence-electron chi connectivity index (χ3n) is 2.27. The smallest absolute Gasteiger partial charge is 0.239 e. The lowest BCUT2D eigenvalue weighted by Gasteiger charge is -2.23. The normalized spacial score (nSPS) is 10.1. The fourth-order valence-corrected chi connectivity index (χ4v) is 1.84. The SMILES string of the molecule is CCCN(CC(=O)NC)c1ncc(Br)cc1N. The third kappa shape index (κ3) is 3.89. The molecule has 1 aromatic heterocycles. The molecule has 0 aromatic carbocycles. The van der Waals surface area contributed by atoms with Crippen LogP contribution in [-0.4, -0.2) is 31.0 Å². The molecule has 1 aromatic rings. The lowest BCUT2D eigenvalue weighted by atomic mass is 10.3. The predicted molar refractivity (Wildman–Crippen MR) is 72.9 cm³/mol. The number of nitrogens with zero attached hydrogens (tertiary/aromatic N) is 2. The van der Waals surface area contributed by atoms with E-state index in [2.05, 4.69) is 26.2 Å². The molecule has 94 valence electrons. The number of nitrogens with two attached hydrogens (primary N) is 1. The Hall–Kier alpha value is -1.30. The van der Waals surface area contributed by atoms with Crippen LogP contribution in [0.15, 0.2) is 16.7 Å². The average Bonchev–Trinajstić information content (AvgIpc) is 2.28. The van der Waals surface area contributed by atoms with Crippen molar-refractivity contribution in [2.24, 2.45) is 0 Å². The number of aromatic nitrogens is 1. The molecule has 0 radical (unpaired) electrons. The van der Waals surface area contributed by atoms with Crippen molar-refractivity contribution < 1.29 is 4.79 Å². The number of carbonyl (C=O) groups is 1. The first kappa shape index (κ1) is 13.8. The molecule has 0 fully saturated rings. The zero-order valence-corrected chi connectivity index (χ0v) is 11.6. The van der Waals surface area contributed by atoms with Crippen LogP contribution in [-0.2, 0) is 4.79 Å². The minimum Gasteiger partial charge on any atom is -0.396 e. The first-order chi connectivity index (χ1) is 8.08. The number of halogens is 1. The number of carbonyl (C=O) groups excluding carboxylic acids is 1. The topological polar surface area (TPSA) is 71.2 Å². The maximum atomic E-state index is 11.4. The van der Waals surface area contributed by atoms with Gasteiger partial charge in [-0.3, -0.25) is 4.79 Å². The van der Waals surface area contributed by atoms with E-state index in [4.69, 9.17) is 5.73 Å². The molecule has 0 aliphatic heterocycles. The van der Waals surface area contributed by atoms with Crippen molar-refractivity contribution in [1.82, 2.24) is 10.3 Å². The van der Waals surface area contributed by atoms with Crippen LogP contribution in [0, 0.1) is 0 Å². The highest BCUT2D eigenvalue weighted by Crippen LogP contribution is 2.23. The lowest BCUT2D eigenvalue weighted by molar-refractivity contribution is -0.119. The van der Waals surface area contributed by atoms with Gasteiger partial charge >= 0.3 is 0 Å².